The number of carbonyl (C=O) groups is 1. The maximum Gasteiger partial charge on any atom is 0.310 e. The van der Waals surface area contributed by atoms with Crippen molar-refractivity contribution in [3.05, 3.63) is 21.9 Å². The molecule has 1 heterocycles. The summed E-state index contributed by atoms with van der Waals surface area (Å²) in [5.74, 6) is -0.507. The molecule has 0 aromatic carbocycles. The molecule has 1 unspecified atom stereocenters. The molecule has 2 nitrogen and oxygen atoms in total. The molecule has 0 bridgehead atoms. The van der Waals surface area contributed by atoms with Crippen molar-refractivity contribution in [2.24, 2.45) is 5.92 Å². The highest BCUT2D eigenvalue weighted by molar-refractivity contribution is 7.10. The van der Waals surface area contributed by atoms with Crippen LogP contribution in [0.2, 0.25) is 0 Å². The summed E-state index contributed by atoms with van der Waals surface area (Å²) in [7, 11) is 0. The van der Waals surface area contributed by atoms with Crippen molar-refractivity contribution in [1.29, 1.82) is 0 Å². The van der Waals surface area contributed by atoms with Crippen molar-refractivity contribution in [3.8, 4) is 0 Å². The van der Waals surface area contributed by atoms with Gasteiger partial charge in [-0.1, -0.05) is 13.8 Å². The molecule has 0 aliphatic heterocycles. The predicted octanol–water partition coefficient (Wildman–Crippen LogP) is 3.13. The standard InChI is InChI=1S/C11H16O2S/c1-7(2)4-10-5-9(6-14-10)8(3)11(12)13/h5-8H,4H2,1-3H3,(H,12,13). The van der Waals surface area contributed by atoms with Crippen LogP contribution in [0.15, 0.2) is 11.4 Å². The van der Waals surface area contributed by atoms with Gasteiger partial charge in [0, 0.05) is 4.88 Å². The average molecular weight is 212 g/mol. The van der Waals surface area contributed by atoms with Crippen molar-refractivity contribution in [3.63, 3.8) is 0 Å². The van der Waals surface area contributed by atoms with Crippen LogP contribution in [0.5, 0.6) is 0 Å². The summed E-state index contributed by atoms with van der Waals surface area (Å²) in [5, 5.41) is 10.8. The molecule has 0 radical (unpaired) electrons. The van der Waals surface area contributed by atoms with Gasteiger partial charge < -0.3 is 5.11 Å². The Labute approximate surface area is 88.6 Å². The molecule has 0 amide bonds. The Balaban J connectivity index is 2.72. The third-order valence-electron chi connectivity index (χ3n) is 2.15. The van der Waals surface area contributed by atoms with Gasteiger partial charge in [-0.05, 0) is 36.3 Å². The molecule has 0 saturated heterocycles. The van der Waals surface area contributed by atoms with E-state index in [1.54, 1.807) is 18.3 Å². The number of aliphatic carboxylic acids is 1. The Morgan fingerprint density at radius 3 is 2.64 bits per heavy atom. The molecule has 0 fully saturated rings. The van der Waals surface area contributed by atoms with E-state index in [1.807, 2.05) is 11.4 Å². The van der Waals surface area contributed by atoms with Crippen LogP contribution in [0, 0.1) is 5.92 Å². The van der Waals surface area contributed by atoms with E-state index in [2.05, 4.69) is 13.8 Å². The Hall–Kier alpha value is -0.830. The van der Waals surface area contributed by atoms with Crippen LogP contribution in [-0.2, 0) is 11.2 Å². The minimum absolute atomic E-state index is 0.382. The fraction of sp³-hybridized carbons (Fsp3) is 0.545. The van der Waals surface area contributed by atoms with Gasteiger partial charge in [-0.2, -0.15) is 0 Å². The van der Waals surface area contributed by atoms with Gasteiger partial charge in [-0.25, -0.2) is 0 Å². The molecule has 0 aliphatic carbocycles. The van der Waals surface area contributed by atoms with E-state index in [4.69, 9.17) is 5.11 Å². The van der Waals surface area contributed by atoms with Crippen LogP contribution in [0.4, 0.5) is 0 Å². The first-order valence-corrected chi connectivity index (χ1v) is 5.68. The minimum atomic E-state index is -0.751. The Morgan fingerprint density at radius 2 is 2.14 bits per heavy atom. The number of hydrogen-bond donors (Lipinski definition) is 1. The highest BCUT2D eigenvalue weighted by atomic mass is 32.1. The second-order valence-electron chi connectivity index (χ2n) is 4.00. The third kappa shape index (κ3) is 2.84. The first-order chi connectivity index (χ1) is 6.50. The maximum absolute atomic E-state index is 10.7. The van der Waals surface area contributed by atoms with Gasteiger partial charge in [-0.3, -0.25) is 4.79 Å². The molecule has 78 valence electrons. The Kier molecular flexibility index (Phi) is 3.69. The molecule has 3 heteroatoms. The molecule has 1 N–H and O–H groups in total. The number of carboxylic acids is 1. The van der Waals surface area contributed by atoms with Crippen molar-refractivity contribution in [2.45, 2.75) is 33.1 Å². The second kappa shape index (κ2) is 4.60. The van der Waals surface area contributed by atoms with E-state index in [-0.39, 0.29) is 5.92 Å². The van der Waals surface area contributed by atoms with Crippen LogP contribution in [0.1, 0.15) is 37.1 Å². The van der Waals surface area contributed by atoms with Gasteiger partial charge >= 0.3 is 5.97 Å². The lowest BCUT2D eigenvalue weighted by atomic mass is 10.0. The van der Waals surface area contributed by atoms with Crippen LogP contribution >= 0.6 is 11.3 Å². The normalized spacial score (nSPS) is 13.1. The number of hydrogen-bond acceptors (Lipinski definition) is 2. The van der Waals surface area contributed by atoms with Gasteiger partial charge in [0.15, 0.2) is 0 Å². The highest BCUT2D eigenvalue weighted by Gasteiger charge is 2.15. The molecular formula is C11H16O2S. The predicted molar refractivity (Wildman–Crippen MR) is 58.9 cm³/mol. The molecule has 0 saturated carbocycles. The molecule has 1 rings (SSSR count). The number of carboxylic acid groups (broad SMARTS) is 1. The molecule has 1 aromatic rings. The van der Waals surface area contributed by atoms with Gasteiger partial charge in [0.25, 0.3) is 0 Å². The van der Waals surface area contributed by atoms with Gasteiger partial charge in [0.1, 0.15) is 0 Å². The van der Waals surface area contributed by atoms with Crippen LogP contribution in [-0.4, -0.2) is 11.1 Å². The number of thiophene rings is 1. The second-order valence-corrected chi connectivity index (χ2v) is 5.00. The smallest absolute Gasteiger partial charge is 0.310 e. The highest BCUT2D eigenvalue weighted by Crippen LogP contribution is 2.24. The van der Waals surface area contributed by atoms with Gasteiger partial charge in [0.05, 0.1) is 5.92 Å². The van der Waals surface area contributed by atoms with E-state index in [0.29, 0.717) is 5.92 Å². The van der Waals surface area contributed by atoms with Gasteiger partial charge in [0.2, 0.25) is 0 Å². The van der Waals surface area contributed by atoms with Crippen LogP contribution in [0.25, 0.3) is 0 Å². The summed E-state index contributed by atoms with van der Waals surface area (Å²) in [6.07, 6.45) is 1.04. The lowest BCUT2D eigenvalue weighted by Crippen LogP contribution is -2.06. The summed E-state index contributed by atoms with van der Waals surface area (Å²) < 4.78 is 0. The maximum atomic E-state index is 10.7. The summed E-state index contributed by atoms with van der Waals surface area (Å²) in [6.45, 7) is 6.06. The van der Waals surface area contributed by atoms with E-state index in [1.165, 1.54) is 4.88 Å². The van der Waals surface area contributed by atoms with Crippen molar-refractivity contribution in [2.75, 3.05) is 0 Å². The fourth-order valence-corrected chi connectivity index (χ4v) is 2.47. The van der Waals surface area contributed by atoms with E-state index < -0.39 is 5.97 Å². The number of rotatable bonds is 4. The van der Waals surface area contributed by atoms with Crippen molar-refractivity contribution >= 4 is 17.3 Å². The Bertz CT molecular complexity index is 315. The molecule has 14 heavy (non-hydrogen) atoms. The zero-order chi connectivity index (χ0) is 10.7. The molecular weight excluding hydrogens is 196 g/mol. The lowest BCUT2D eigenvalue weighted by Gasteiger charge is -2.02. The molecule has 0 spiro atoms. The minimum Gasteiger partial charge on any atom is -0.481 e. The average Bonchev–Trinajstić information content (AvgIpc) is 2.50. The van der Waals surface area contributed by atoms with Crippen LogP contribution < -0.4 is 0 Å². The van der Waals surface area contributed by atoms with Crippen LogP contribution in [0.3, 0.4) is 0 Å². The molecule has 0 aliphatic rings. The van der Waals surface area contributed by atoms with E-state index in [9.17, 15) is 4.79 Å². The van der Waals surface area contributed by atoms with Crippen molar-refractivity contribution < 1.29 is 9.90 Å². The first kappa shape index (κ1) is 11.2. The zero-order valence-electron chi connectivity index (χ0n) is 8.78. The summed E-state index contributed by atoms with van der Waals surface area (Å²) >= 11 is 1.66. The summed E-state index contributed by atoms with van der Waals surface area (Å²) in [4.78, 5) is 12.0. The largest absolute Gasteiger partial charge is 0.481 e. The van der Waals surface area contributed by atoms with Crippen molar-refractivity contribution in [1.82, 2.24) is 0 Å². The molecule has 1 aromatic heterocycles. The fourth-order valence-electron chi connectivity index (χ4n) is 1.28. The SMILES string of the molecule is CC(C)Cc1cc(C(C)C(=O)O)cs1. The monoisotopic (exact) mass is 212 g/mol. The summed E-state index contributed by atoms with van der Waals surface area (Å²) in [6, 6.07) is 2.02. The van der Waals surface area contributed by atoms with Gasteiger partial charge in [-0.15, -0.1) is 11.3 Å². The third-order valence-corrected chi connectivity index (χ3v) is 3.13. The van der Waals surface area contributed by atoms with E-state index in [0.717, 1.165) is 12.0 Å². The molecule has 1 atom stereocenters. The lowest BCUT2D eigenvalue weighted by molar-refractivity contribution is -0.138. The summed E-state index contributed by atoms with van der Waals surface area (Å²) in [5.41, 5.74) is 0.929. The first-order valence-electron chi connectivity index (χ1n) is 4.80. The topological polar surface area (TPSA) is 37.3 Å². The quantitative estimate of drug-likeness (QED) is 0.832. The van der Waals surface area contributed by atoms with E-state index >= 15 is 0 Å². The zero-order valence-corrected chi connectivity index (χ0v) is 9.60. The Morgan fingerprint density at radius 1 is 1.50 bits per heavy atom.